The van der Waals surface area contributed by atoms with Gasteiger partial charge in [-0.15, -0.1) is 0 Å². The van der Waals surface area contributed by atoms with Crippen molar-refractivity contribution < 1.29 is 19.1 Å². The Morgan fingerprint density at radius 3 is 2.61 bits per heavy atom. The van der Waals surface area contributed by atoms with Gasteiger partial charge in [0.25, 0.3) is 0 Å². The van der Waals surface area contributed by atoms with Crippen LogP contribution in [-0.4, -0.2) is 36.5 Å². The van der Waals surface area contributed by atoms with Crippen LogP contribution in [-0.2, 0) is 16.1 Å². The van der Waals surface area contributed by atoms with Gasteiger partial charge in [-0.3, -0.25) is 9.59 Å². The molecule has 2 rings (SSSR count). The molecule has 150 valence electrons. The highest BCUT2D eigenvalue weighted by Crippen LogP contribution is 2.26. The summed E-state index contributed by atoms with van der Waals surface area (Å²) in [4.78, 5) is 28.1. The first-order valence-corrected chi connectivity index (χ1v) is 8.96. The third-order valence-electron chi connectivity index (χ3n) is 4.03. The van der Waals surface area contributed by atoms with E-state index < -0.39 is 6.04 Å². The van der Waals surface area contributed by atoms with Gasteiger partial charge in [0.2, 0.25) is 17.7 Å². The Balaban J connectivity index is 1.92. The number of carbonyl (C=O) groups excluding carboxylic acids is 2. The maximum Gasteiger partial charge on any atom is 0.239 e. The quantitative estimate of drug-likeness (QED) is 0.603. The summed E-state index contributed by atoms with van der Waals surface area (Å²) in [6, 6.07) is 10.1. The number of hydrogen-bond donors (Lipinski definition) is 3. The van der Waals surface area contributed by atoms with E-state index in [-0.39, 0.29) is 30.8 Å². The van der Waals surface area contributed by atoms with Gasteiger partial charge in [-0.1, -0.05) is 26.0 Å². The first-order chi connectivity index (χ1) is 13.4. The molecule has 1 aromatic heterocycles. The molecule has 0 saturated heterocycles. The van der Waals surface area contributed by atoms with Crippen molar-refractivity contribution in [2.75, 3.05) is 13.7 Å². The Hall–Kier alpha value is -3.13. The van der Waals surface area contributed by atoms with Gasteiger partial charge < -0.3 is 25.8 Å². The van der Waals surface area contributed by atoms with E-state index in [1.54, 1.807) is 37.6 Å². The van der Waals surface area contributed by atoms with Crippen LogP contribution in [0.5, 0.6) is 17.4 Å². The fourth-order valence-corrected chi connectivity index (χ4v) is 2.27. The second-order valence-corrected chi connectivity index (χ2v) is 6.51. The van der Waals surface area contributed by atoms with E-state index in [0.29, 0.717) is 22.9 Å². The predicted octanol–water partition coefficient (Wildman–Crippen LogP) is 1.60. The van der Waals surface area contributed by atoms with Gasteiger partial charge in [-0.2, -0.15) is 0 Å². The monoisotopic (exact) mass is 386 g/mol. The lowest BCUT2D eigenvalue weighted by Gasteiger charge is -2.15. The molecule has 0 aliphatic heterocycles. The molecule has 0 saturated carbocycles. The van der Waals surface area contributed by atoms with Crippen molar-refractivity contribution in [2.45, 2.75) is 26.4 Å². The van der Waals surface area contributed by atoms with Gasteiger partial charge in [0.1, 0.15) is 11.5 Å². The highest BCUT2D eigenvalue weighted by atomic mass is 16.5. The minimum atomic E-state index is -0.644. The summed E-state index contributed by atoms with van der Waals surface area (Å²) in [5.41, 5.74) is 6.45. The average Bonchev–Trinajstić information content (AvgIpc) is 2.70. The zero-order valence-electron chi connectivity index (χ0n) is 16.3. The summed E-state index contributed by atoms with van der Waals surface area (Å²) in [6.45, 7) is 3.75. The normalized spacial score (nSPS) is 11.6. The van der Waals surface area contributed by atoms with E-state index in [1.165, 1.54) is 0 Å². The third-order valence-corrected chi connectivity index (χ3v) is 4.03. The molecule has 0 aliphatic rings. The summed E-state index contributed by atoms with van der Waals surface area (Å²) >= 11 is 0. The Kier molecular flexibility index (Phi) is 7.76. The molecule has 2 aromatic rings. The smallest absolute Gasteiger partial charge is 0.239 e. The van der Waals surface area contributed by atoms with E-state index >= 15 is 0 Å². The van der Waals surface area contributed by atoms with E-state index in [4.69, 9.17) is 15.2 Å². The largest absolute Gasteiger partial charge is 0.497 e. The van der Waals surface area contributed by atoms with Crippen LogP contribution in [0.15, 0.2) is 42.6 Å². The lowest BCUT2D eigenvalue weighted by molar-refractivity contribution is -0.127. The predicted molar refractivity (Wildman–Crippen MR) is 105 cm³/mol. The fourth-order valence-electron chi connectivity index (χ4n) is 2.27. The number of benzene rings is 1. The molecule has 28 heavy (non-hydrogen) atoms. The minimum absolute atomic E-state index is 0.00484. The maximum absolute atomic E-state index is 12.0. The molecular formula is C20H26N4O4. The van der Waals surface area contributed by atoms with Gasteiger partial charge in [0.05, 0.1) is 19.7 Å². The summed E-state index contributed by atoms with van der Waals surface area (Å²) in [5, 5.41) is 5.26. The van der Waals surface area contributed by atoms with Crippen LogP contribution < -0.4 is 25.8 Å². The molecule has 0 fully saturated rings. The standard InChI is InChI=1S/C20H26N4O4/c1-13(2)18(21)19(26)24-12-17(25)23-11-14-6-5-9-22-20(14)28-16-8-4-7-15(10-16)27-3/h4-10,13,18H,11-12,21H2,1-3H3,(H,23,25)(H,24,26)/t18-/m0/s1. The first-order valence-electron chi connectivity index (χ1n) is 8.96. The van der Waals surface area contributed by atoms with Crippen molar-refractivity contribution in [1.82, 2.24) is 15.6 Å². The molecule has 0 unspecified atom stereocenters. The van der Waals surface area contributed by atoms with Gasteiger partial charge >= 0.3 is 0 Å². The van der Waals surface area contributed by atoms with Crippen LogP contribution in [0.2, 0.25) is 0 Å². The second kappa shape index (κ2) is 10.3. The summed E-state index contributed by atoms with van der Waals surface area (Å²) in [5.74, 6) is 0.921. The first kappa shape index (κ1) is 21.2. The van der Waals surface area contributed by atoms with E-state index in [9.17, 15) is 9.59 Å². The van der Waals surface area contributed by atoms with Crippen molar-refractivity contribution >= 4 is 11.8 Å². The maximum atomic E-state index is 12.0. The van der Waals surface area contributed by atoms with Crippen molar-refractivity contribution in [2.24, 2.45) is 11.7 Å². The Labute approximate surface area is 164 Å². The van der Waals surface area contributed by atoms with Crippen LogP contribution in [0, 0.1) is 5.92 Å². The Bertz CT molecular complexity index is 810. The zero-order valence-corrected chi connectivity index (χ0v) is 16.3. The Morgan fingerprint density at radius 1 is 1.14 bits per heavy atom. The molecule has 8 nitrogen and oxygen atoms in total. The molecular weight excluding hydrogens is 360 g/mol. The molecule has 8 heteroatoms. The number of aromatic nitrogens is 1. The van der Waals surface area contributed by atoms with Gasteiger partial charge in [-0.05, 0) is 24.1 Å². The van der Waals surface area contributed by atoms with E-state index in [1.807, 2.05) is 26.0 Å². The molecule has 1 atom stereocenters. The molecule has 0 aliphatic carbocycles. The average molecular weight is 386 g/mol. The summed E-state index contributed by atoms with van der Waals surface area (Å²) < 4.78 is 11.0. The zero-order chi connectivity index (χ0) is 20.5. The SMILES string of the molecule is COc1cccc(Oc2ncccc2CNC(=O)CNC(=O)[C@@H](N)C(C)C)c1. The lowest BCUT2D eigenvalue weighted by atomic mass is 10.1. The highest BCUT2D eigenvalue weighted by Gasteiger charge is 2.17. The Morgan fingerprint density at radius 2 is 1.89 bits per heavy atom. The minimum Gasteiger partial charge on any atom is -0.497 e. The number of ether oxygens (including phenoxy) is 2. The van der Waals surface area contributed by atoms with Crippen molar-refractivity contribution in [3.05, 3.63) is 48.2 Å². The molecule has 1 aromatic carbocycles. The molecule has 0 spiro atoms. The van der Waals surface area contributed by atoms with Crippen LogP contribution >= 0.6 is 0 Å². The molecule has 2 amide bonds. The topological polar surface area (TPSA) is 116 Å². The number of rotatable bonds is 9. The lowest BCUT2D eigenvalue weighted by Crippen LogP contribution is -2.47. The van der Waals surface area contributed by atoms with Crippen LogP contribution in [0.4, 0.5) is 0 Å². The number of nitrogens with zero attached hydrogens (tertiary/aromatic N) is 1. The van der Waals surface area contributed by atoms with Crippen LogP contribution in [0.1, 0.15) is 19.4 Å². The number of hydrogen-bond acceptors (Lipinski definition) is 6. The molecule has 0 radical (unpaired) electrons. The van der Waals surface area contributed by atoms with Crippen LogP contribution in [0.25, 0.3) is 0 Å². The molecule has 0 bridgehead atoms. The van der Waals surface area contributed by atoms with E-state index in [2.05, 4.69) is 15.6 Å². The number of methoxy groups -OCH3 is 1. The number of nitrogens with one attached hydrogen (secondary N) is 2. The number of carbonyl (C=O) groups is 2. The van der Waals surface area contributed by atoms with Crippen molar-refractivity contribution in [1.29, 1.82) is 0 Å². The second-order valence-electron chi connectivity index (χ2n) is 6.51. The molecule has 4 N–H and O–H groups in total. The highest BCUT2D eigenvalue weighted by molar-refractivity contribution is 5.87. The number of pyridine rings is 1. The number of amides is 2. The van der Waals surface area contributed by atoms with Gasteiger partial charge in [0.15, 0.2) is 0 Å². The van der Waals surface area contributed by atoms with Crippen molar-refractivity contribution in [3.8, 4) is 17.4 Å². The third kappa shape index (κ3) is 6.24. The summed E-state index contributed by atoms with van der Waals surface area (Å²) in [6.07, 6.45) is 1.61. The van der Waals surface area contributed by atoms with Gasteiger partial charge in [0, 0.05) is 24.4 Å². The molecule has 1 heterocycles. The number of nitrogens with two attached hydrogens (primary N) is 1. The summed E-state index contributed by atoms with van der Waals surface area (Å²) in [7, 11) is 1.58. The van der Waals surface area contributed by atoms with Crippen molar-refractivity contribution in [3.63, 3.8) is 0 Å². The van der Waals surface area contributed by atoms with E-state index in [0.717, 1.165) is 0 Å². The fraction of sp³-hybridized carbons (Fsp3) is 0.350. The van der Waals surface area contributed by atoms with Gasteiger partial charge in [-0.25, -0.2) is 4.98 Å². The van der Waals surface area contributed by atoms with Crippen LogP contribution in [0.3, 0.4) is 0 Å².